The van der Waals surface area contributed by atoms with E-state index in [1.54, 1.807) is 0 Å². The highest BCUT2D eigenvalue weighted by Crippen LogP contribution is 2.44. The molecule has 0 fully saturated rings. The number of carbonyl (C=O) groups excluding carboxylic acids is 1. The third-order valence-electron chi connectivity index (χ3n) is 3.91. The predicted molar refractivity (Wildman–Crippen MR) is 94.0 cm³/mol. The number of halogens is 1. The van der Waals surface area contributed by atoms with Crippen molar-refractivity contribution in [1.82, 2.24) is 5.32 Å². The van der Waals surface area contributed by atoms with Crippen molar-refractivity contribution in [2.45, 2.75) is 18.9 Å². The van der Waals surface area contributed by atoms with Crippen molar-refractivity contribution in [2.24, 2.45) is 5.73 Å². The molecule has 1 aliphatic rings. The minimum absolute atomic E-state index is 0. The van der Waals surface area contributed by atoms with Gasteiger partial charge < -0.3 is 15.8 Å². The molecule has 1 atom stereocenters. The second kappa shape index (κ2) is 7.49. The molecule has 0 aromatic heterocycles. The Kier molecular flexibility index (Phi) is 5.64. The molecule has 2 aromatic rings. The highest BCUT2D eigenvalue weighted by atomic mass is 35.5. The summed E-state index contributed by atoms with van der Waals surface area (Å²) in [5, 5.41) is 2.67. The van der Waals surface area contributed by atoms with E-state index in [-0.39, 0.29) is 24.4 Å². The lowest BCUT2D eigenvalue weighted by Gasteiger charge is -2.15. The molecule has 0 aliphatic heterocycles. The molecule has 0 saturated carbocycles. The fourth-order valence-electron chi connectivity index (χ4n) is 2.89. The number of amides is 1. The van der Waals surface area contributed by atoms with Gasteiger partial charge in [0.2, 0.25) is 0 Å². The number of nitrogens with one attached hydrogen (secondary N) is 1. The maximum Gasteiger partial charge on any atom is 0.407 e. The predicted octanol–water partition coefficient (Wildman–Crippen LogP) is 3.29. The Balaban J connectivity index is 0.00000192. The molecule has 1 aliphatic carbocycles. The lowest BCUT2D eigenvalue weighted by Crippen LogP contribution is -2.36. The lowest BCUT2D eigenvalue weighted by atomic mass is 9.98. The normalized spacial score (nSPS) is 13.5. The third-order valence-corrected chi connectivity index (χ3v) is 3.91. The van der Waals surface area contributed by atoms with Gasteiger partial charge in [0.05, 0.1) is 0 Å². The summed E-state index contributed by atoms with van der Waals surface area (Å²) >= 11 is 0. The molecule has 0 bridgehead atoms. The summed E-state index contributed by atoms with van der Waals surface area (Å²) in [6.07, 6.45) is -0.417. The van der Waals surface area contributed by atoms with Crippen molar-refractivity contribution < 1.29 is 9.53 Å². The van der Waals surface area contributed by atoms with Crippen LogP contribution in [0.1, 0.15) is 24.0 Å². The van der Waals surface area contributed by atoms with Gasteiger partial charge in [0.15, 0.2) is 0 Å². The number of ether oxygens (including phenoxy) is 1. The fourth-order valence-corrected chi connectivity index (χ4v) is 2.89. The topological polar surface area (TPSA) is 64.3 Å². The van der Waals surface area contributed by atoms with Crippen LogP contribution in [0.25, 0.3) is 11.1 Å². The second-order valence-corrected chi connectivity index (χ2v) is 5.68. The summed E-state index contributed by atoms with van der Waals surface area (Å²) < 4.78 is 5.38. The van der Waals surface area contributed by atoms with Crippen LogP contribution in [0.5, 0.6) is 0 Å². The van der Waals surface area contributed by atoms with E-state index in [2.05, 4.69) is 29.6 Å². The van der Waals surface area contributed by atoms with Crippen LogP contribution in [0, 0.1) is 0 Å². The number of carbonyl (C=O) groups is 1. The first-order chi connectivity index (χ1) is 10.7. The van der Waals surface area contributed by atoms with E-state index >= 15 is 0 Å². The molecule has 0 spiro atoms. The largest absolute Gasteiger partial charge is 0.449 e. The first-order valence-corrected chi connectivity index (χ1v) is 7.51. The van der Waals surface area contributed by atoms with Gasteiger partial charge in [0.25, 0.3) is 0 Å². The minimum atomic E-state index is -0.417. The molecule has 2 aromatic carbocycles. The van der Waals surface area contributed by atoms with Crippen molar-refractivity contribution in [3.63, 3.8) is 0 Å². The number of alkyl carbamates (subject to hydrolysis) is 1. The molecular formula is C18H21ClN2O2. The van der Waals surface area contributed by atoms with E-state index in [0.29, 0.717) is 13.2 Å². The summed E-state index contributed by atoms with van der Waals surface area (Å²) in [5.74, 6) is 0.0912. The maximum atomic E-state index is 11.7. The Bertz CT molecular complexity index is 643. The Hall–Kier alpha value is -2.04. The van der Waals surface area contributed by atoms with E-state index in [4.69, 9.17) is 10.5 Å². The zero-order valence-corrected chi connectivity index (χ0v) is 13.8. The summed E-state index contributed by atoms with van der Waals surface area (Å²) in [6, 6.07) is 16.5. The number of benzene rings is 2. The number of nitrogens with two attached hydrogens (primary N) is 1. The van der Waals surface area contributed by atoms with Gasteiger partial charge >= 0.3 is 6.09 Å². The molecule has 0 radical (unpaired) electrons. The fraction of sp³-hybridized carbons (Fsp3) is 0.278. The molecule has 5 heteroatoms. The van der Waals surface area contributed by atoms with E-state index in [0.717, 1.165) is 0 Å². The van der Waals surface area contributed by atoms with Gasteiger partial charge in [0, 0.05) is 18.5 Å². The van der Waals surface area contributed by atoms with Crippen LogP contribution in [0.2, 0.25) is 0 Å². The van der Waals surface area contributed by atoms with Crippen LogP contribution in [0.15, 0.2) is 48.5 Å². The highest BCUT2D eigenvalue weighted by Gasteiger charge is 2.28. The van der Waals surface area contributed by atoms with Gasteiger partial charge in [-0.1, -0.05) is 48.5 Å². The minimum Gasteiger partial charge on any atom is -0.449 e. The molecule has 4 nitrogen and oxygen atoms in total. The van der Waals surface area contributed by atoms with Crippen LogP contribution in [0.4, 0.5) is 4.79 Å². The van der Waals surface area contributed by atoms with Gasteiger partial charge in [-0.3, -0.25) is 0 Å². The second-order valence-electron chi connectivity index (χ2n) is 5.68. The summed E-state index contributed by atoms with van der Waals surface area (Å²) in [7, 11) is 0. The molecule has 0 saturated heterocycles. The smallest absolute Gasteiger partial charge is 0.407 e. The first-order valence-electron chi connectivity index (χ1n) is 7.51. The Morgan fingerprint density at radius 3 is 2.17 bits per heavy atom. The van der Waals surface area contributed by atoms with Gasteiger partial charge in [-0.25, -0.2) is 4.79 Å². The van der Waals surface area contributed by atoms with Gasteiger partial charge in [-0.05, 0) is 29.2 Å². The quantitative estimate of drug-likeness (QED) is 0.903. The summed E-state index contributed by atoms with van der Waals surface area (Å²) in [6.45, 7) is 2.58. The van der Waals surface area contributed by atoms with Crippen molar-refractivity contribution in [3.8, 4) is 11.1 Å². The van der Waals surface area contributed by atoms with E-state index < -0.39 is 6.09 Å². The zero-order chi connectivity index (χ0) is 15.5. The molecule has 1 unspecified atom stereocenters. The number of hydrogen-bond donors (Lipinski definition) is 2. The van der Waals surface area contributed by atoms with Crippen LogP contribution >= 0.6 is 12.4 Å². The first kappa shape index (κ1) is 17.3. The summed E-state index contributed by atoms with van der Waals surface area (Å²) in [5.41, 5.74) is 10.5. The van der Waals surface area contributed by atoms with Crippen molar-refractivity contribution in [1.29, 1.82) is 0 Å². The van der Waals surface area contributed by atoms with Gasteiger partial charge in [-0.2, -0.15) is 0 Å². The summed E-state index contributed by atoms with van der Waals surface area (Å²) in [4.78, 5) is 11.7. The van der Waals surface area contributed by atoms with Crippen LogP contribution < -0.4 is 11.1 Å². The monoisotopic (exact) mass is 332 g/mol. The van der Waals surface area contributed by atoms with E-state index in [1.165, 1.54) is 22.3 Å². The molecule has 0 heterocycles. The lowest BCUT2D eigenvalue weighted by molar-refractivity contribution is 0.142. The standard InChI is InChI=1S/C18H20N2O2.ClH/c1-12(19)10-20-18(21)22-11-17-15-8-4-2-6-13(15)14-7-3-5-9-16(14)17;/h2-9,12,17H,10-11,19H2,1H3,(H,20,21);1H. The molecule has 3 rings (SSSR count). The van der Waals surface area contributed by atoms with Gasteiger partial charge in [-0.15, -0.1) is 12.4 Å². The molecular weight excluding hydrogens is 312 g/mol. The average Bonchev–Trinajstić information content (AvgIpc) is 2.85. The molecule has 122 valence electrons. The highest BCUT2D eigenvalue weighted by molar-refractivity contribution is 5.85. The van der Waals surface area contributed by atoms with Crippen LogP contribution in [-0.2, 0) is 4.74 Å². The maximum absolute atomic E-state index is 11.7. The Morgan fingerprint density at radius 2 is 1.65 bits per heavy atom. The molecule has 1 amide bonds. The van der Waals surface area contributed by atoms with Crippen molar-refractivity contribution in [3.05, 3.63) is 59.7 Å². The van der Waals surface area contributed by atoms with E-state index in [1.807, 2.05) is 31.2 Å². The van der Waals surface area contributed by atoms with E-state index in [9.17, 15) is 4.79 Å². The third kappa shape index (κ3) is 3.66. The Morgan fingerprint density at radius 1 is 1.13 bits per heavy atom. The molecule has 23 heavy (non-hydrogen) atoms. The number of fused-ring (bicyclic) bond motifs is 3. The van der Waals surface area contributed by atoms with Gasteiger partial charge in [0.1, 0.15) is 6.61 Å². The SMILES string of the molecule is CC(N)CNC(=O)OCC1c2ccccc2-c2ccccc21.Cl. The average molecular weight is 333 g/mol. The zero-order valence-electron chi connectivity index (χ0n) is 13.0. The van der Waals surface area contributed by atoms with Crippen molar-refractivity contribution in [2.75, 3.05) is 13.2 Å². The number of hydrogen-bond acceptors (Lipinski definition) is 3. The van der Waals surface area contributed by atoms with Crippen molar-refractivity contribution >= 4 is 18.5 Å². The number of rotatable bonds is 4. The molecule has 3 N–H and O–H groups in total. The van der Waals surface area contributed by atoms with Crippen LogP contribution in [-0.4, -0.2) is 25.3 Å². The Labute approximate surface area is 142 Å². The van der Waals surface area contributed by atoms with Crippen LogP contribution in [0.3, 0.4) is 0 Å².